The van der Waals surface area contributed by atoms with Gasteiger partial charge in [0.2, 0.25) is 5.91 Å². The lowest BCUT2D eigenvalue weighted by atomic mass is 9.95. The van der Waals surface area contributed by atoms with Crippen LogP contribution in [0.25, 0.3) is 0 Å². The van der Waals surface area contributed by atoms with Crippen LogP contribution in [-0.2, 0) is 24.2 Å². The minimum atomic E-state index is -0.833. The summed E-state index contributed by atoms with van der Waals surface area (Å²) in [7, 11) is 0. The summed E-state index contributed by atoms with van der Waals surface area (Å²) in [5.74, 6) is -0.297. The van der Waals surface area contributed by atoms with E-state index in [0.717, 1.165) is 51.0 Å². The lowest BCUT2D eigenvalue weighted by Crippen LogP contribution is -2.61. The number of urea groups is 1. The average Bonchev–Trinajstić information content (AvgIpc) is 3.45. The first kappa shape index (κ1) is 33.5. The Balaban J connectivity index is 1.20. The zero-order valence-corrected chi connectivity index (χ0v) is 29.7. The molecule has 0 bridgehead atoms. The molecule has 10 nitrogen and oxygen atoms in total. The van der Waals surface area contributed by atoms with Crippen molar-refractivity contribution in [2.24, 2.45) is 0 Å². The van der Waals surface area contributed by atoms with E-state index in [-0.39, 0.29) is 18.5 Å². The molecule has 1 aliphatic carbocycles. The number of imidazole rings is 1. The van der Waals surface area contributed by atoms with E-state index in [0.29, 0.717) is 41.6 Å². The average molecular weight is 750 g/mol. The summed E-state index contributed by atoms with van der Waals surface area (Å²) in [6, 6.07) is 23.1. The number of pyridine rings is 1. The molecule has 2 N–H and O–H groups in total. The number of hydrogen-bond acceptors (Lipinski definition) is 6. The zero-order valence-electron chi connectivity index (χ0n) is 27.3. The number of carbonyl (C=O) groups is 2. The molecule has 5 aromatic rings. The van der Waals surface area contributed by atoms with Gasteiger partial charge in [0.1, 0.15) is 6.04 Å². The fourth-order valence-corrected chi connectivity index (χ4v) is 7.43. The van der Waals surface area contributed by atoms with Crippen molar-refractivity contribution in [3.8, 4) is 6.07 Å². The van der Waals surface area contributed by atoms with E-state index in [4.69, 9.17) is 16.6 Å². The van der Waals surface area contributed by atoms with Crippen LogP contribution in [0.5, 0.6) is 0 Å². The Morgan fingerprint density at radius 1 is 0.980 bits per heavy atom. The van der Waals surface area contributed by atoms with Crippen molar-refractivity contribution in [2.75, 3.05) is 30.3 Å². The maximum Gasteiger partial charge on any atom is 0.322 e. The van der Waals surface area contributed by atoms with Gasteiger partial charge in [-0.2, -0.15) is 5.26 Å². The van der Waals surface area contributed by atoms with Crippen molar-refractivity contribution in [1.29, 1.82) is 5.26 Å². The van der Waals surface area contributed by atoms with E-state index in [9.17, 15) is 14.9 Å². The summed E-state index contributed by atoms with van der Waals surface area (Å²) in [5.41, 5.74) is 7.91. The summed E-state index contributed by atoms with van der Waals surface area (Å²) in [4.78, 5) is 41.3. The lowest BCUT2D eigenvalue weighted by molar-refractivity contribution is -0.122. The van der Waals surface area contributed by atoms with Gasteiger partial charge in [0.15, 0.2) is 0 Å². The topological polar surface area (TPSA) is 119 Å². The predicted octanol–water partition coefficient (Wildman–Crippen LogP) is 6.97. The maximum atomic E-state index is 14.3. The highest BCUT2D eigenvalue weighted by molar-refractivity contribution is 9.10. The fourth-order valence-electron chi connectivity index (χ4n) is 6.85. The van der Waals surface area contributed by atoms with Gasteiger partial charge in [0, 0.05) is 59.4 Å². The normalized spacial score (nSPS) is 17.2. The summed E-state index contributed by atoms with van der Waals surface area (Å²) >= 11 is 10.1. The molecule has 3 heterocycles. The van der Waals surface area contributed by atoms with Crippen LogP contribution in [0.1, 0.15) is 45.2 Å². The Labute approximate surface area is 303 Å². The molecule has 252 valence electrons. The van der Waals surface area contributed by atoms with Crippen molar-refractivity contribution >= 4 is 50.8 Å². The lowest BCUT2D eigenvalue weighted by Gasteiger charge is -2.43. The number of hydrogen-bond donors (Lipinski definition) is 2. The van der Waals surface area contributed by atoms with Crippen LogP contribution in [0.3, 0.4) is 0 Å². The number of nitrogens with zero attached hydrogens (tertiary/aromatic N) is 6. The van der Waals surface area contributed by atoms with Crippen LogP contribution in [-0.4, -0.2) is 61.9 Å². The Kier molecular flexibility index (Phi) is 9.68. The van der Waals surface area contributed by atoms with Gasteiger partial charge in [0.05, 0.1) is 35.4 Å². The molecule has 3 amide bonds. The van der Waals surface area contributed by atoms with Crippen molar-refractivity contribution in [2.45, 2.75) is 38.4 Å². The molecule has 2 aliphatic rings. The SMILES string of the molecule is Cc1cn(Cc2cccc(NC(=O)[C@H]3CN([C@H]4c5ccc(Cl)cc5CCc5cc(Br)cnc54)CCN3C(=O)Nc3ccc(C#N)cc3)c2)cn1. The number of aryl methyl sites for hydroxylation is 3. The van der Waals surface area contributed by atoms with Crippen molar-refractivity contribution < 1.29 is 9.59 Å². The van der Waals surface area contributed by atoms with E-state index < -0.39 is 12.1 Å². The number of fused-ring (bicyclic) bond motifs is 2. The molecule has 0 saturated carbocycles. The molecule has 1 aliphatic heterocycles. The third-order valence-electron chi connectivity index (χ3n) is 9.22. The number of nitriles is 1. The van der Waals surface area contributed by atoms with E-state index in [1.165, 1.54) is 0 Å². The van der Waals surface area contributed by atoms with Crippen LogP contribution in [0, 0.1) is 18.3 Å². The number of benzene rings is 3. The number of nitrogens with one attached hydrogen (secondary N) is 2. The highest BCUT2D eigenvalue weighted by atomic mass is 79.9. The van der Waals surface area contributed by atoms with E-state index in [1.54, 1.807) is 35.5 Å². The van der Waals surface area contributed by atoms with Gasteiger partial charge in [-0.25, -0.2) is 9.78 Å². The number of rotatable bonds is 6. The maximum absolute atomic E-state index is 14.3. The molecule has 2 atom stereocenters. The highest BCUT2D eigenvalue weighted by Gasteiger charge is 2.40. The molecule has 12 heteroatoms. The van der Waals surface area contributed by atoms with E-state index in [1.807, 2.05) is 60.3 Å². The van der Waals surface area contributed by atoms with Gasteiger partial charge in [-0.05, 0) is 113 Å². The Bertz CT molecular complexity index is 2060. The predicted molar refractivity (Wildman–Crippen MR) is 196 cm³/mol. The number of carbonyl (C=O) groups excluding carboxylic acids is 2. The van der Waals surface area contributed by atoms with Crippen LogP contribution in [0.15, 0.2) is 96.0 Å². The molecule has 7 rings (SSSR count). The van der Waals surface area contributed by atoms with Crippen molar-refractivity contribution in [1.82, 2.24) is 24.3 Å². The van der Waals surface area contributed by atoms with Gasteiger partial charge in [-0.15, -0.1) is 0 Å². The smallest absolute Gasteiger partial charge is 0.322 e. The second-order valence-corrected chi connectivity index (χ2v) is 14.0. The van der Waals surface area contributed by atoms with Crippen LogP contribution in [0.2, 0.25) is 5.02 Å². The third-order valence-corrected chi connectivity index (χ3v) is 9.89. The molecule has 0 unspecified atom stereocenters. The zero-order chi connectivity index (χ0) is 34.8. The molecule has 0 radical (unpaired) electrons. The molecular formula is C38H34BrClN8O2. The van der Waals surface area contributed by atoms with Gasteiger partial charge >= 0.3 is 6.03 Å². The molecule has 1 saturated heterocycles. The fraction of sp³-hybridized carbons (Fsp3) is 0.237. The Hall–Kier alpha value is -5.02. The standard InChI is InChI=1S/C38H34BrClN8O2/c1-24-20-46(23-43-24)21-26-3-2-4-32(15-26)44-37(49)34-22-47(13-14-48(34)38(50)45-31-10-5-25(18-41)6-11-31)36-33-12-9-30(40)17-27(33)7-8-28-16-29(39)19-42-35(28)36/h2-6,9-12,15-17,19-20,23,34,36H,7-8,13-14,21-22H2,1H3,(H,44,49)(H,45,50)/t34-,36+/m1/s1. The monoisotopic (exact) mass is 748 g/mol. The quantitative estimate of drug-likeness (QED) is 0.194. The summed E-state index contributed by atoms with van der Waals surface area (Å²) in [6.07, 6.45) is 7.18. The molecular weight excluding hydrogens is 716 g/mol. The molecule has 3 aromatic carbocycles. The van der Waals surface area contributed by atoms with E-state index >= 15 is 0 Å². The number of halogens is 2. The van der Waals surface area contributed by atoms with Gasteiger partial charge in [0.25, 0.3) is 0 Å². The number of aromatic nitrogens is 3. The number of anilines is 2. The molecule has 0 spiro atoms. The Morgan fingerprint density at radius 2 is 1.80 bits per heavy atom. The summed E-state index contributed by atoms with van der Waals surface area (Å²) < 4.78 is 2.90. The van der Waals surface area contributed by atoms with Crippen LogP contribution in [0.4, 0.5) is 16.2 Å². The second kappa shape index (κ2) is 14.5. The first-order valence-corrected chi connectivity index (χ1v) is 17.5. The van der Waals surface area contributed by atoms with Crippen molar-refractivity contribution in [3.63, 3.8) is 0 Å². The first-order chi connectivity index (χ1) is 24.2. The number of piperazine rings is 1. The van der Waals surface area contributed by atoms with Gasteiger partial charge in [-0.1, -0.05) is 29.8 Å². The largest absolute Gasteiger partial charge is 0.333 e. The molecule has 50 heavy (non-hydrogen) atoms. The first-order valence-electron chi connectivity index (χ1n) is 16.4. The second-order valence-electron chi connectivity index (χ2n) is 12.6. The molecule has 1 fully saturated rings. The van der Waals surface area contributed by atoms with Crippen molar-refractivity contribution in [3.05, 3.63) is 140 Å². The molecule has 2 aromatic heterocycles. The van der Waals surface area contributed by atoms with Crippen LogP contribution < -0.4 is 10.6 Å². The van der Waals surface area contributed by atoms with E-state index in [2.05, 4.69) is 54.6 Å². The highest BCUT2D eigenvalue weighted by Crippen LogP contribution is 2.38. The van der Waals surface area contributed by atoms with Gasteiger partial charge < -0.3 is 20.1 Å². The minimum Gasteiger partial charge on any atom is -0.333 e. The third kappa shape index (κ3) is 7.28. The summed E-state index contributed by atoms with van der Waals surface area (Å²) in [5, 5.41) is 15.9. The number of amides is 3. The Morgan fingerprint density at radius 3 is 2.58 bits per heavy atom. The van der Waals surface area contributed by atoms with Gasteiger partial charge in [-0.3, -0.25) is 14.7 Å². The summed E-state index contributed by atoms with van der Waals surface area (Å²) in [6.45, 7) is 3.62. The van der Waals surface area contributed by atoms with Crippen LogP contribution >= 0.6 is 27.5 Å². The minimum absolute atomic E-state index is 0.242.